The fraction of sp³-hybridized carbons (Fsp3) is 0.308. The van der Waals surface area contributed by atoms with Gasteiger partial charge < -0.3 is 5.11 Å². The summed E-state index contributed by atoms with van der Waals surface area (Å²) in [5, 5.41) is 16.3. The number of nitrogens with zero attached hydrogens (tertiary/aromatic N) is 3. The predicted octanol–water partition coefficient (Wildman–Crippen LogP) is 3.07. The molecule has 21 heavy (non-hydrogen) atoms. The van der Waals surface area contributed by atoms with Gasteiger partial charge in [0.25, 0.3) is 0 Å². The first kappa shape index (κ1) is 15.0. The van der Waals surface area contributed by atoms with Crippen molar-refractivity contribution in [3.63, 3.8) is 0 Å². The maximum atomic E-state index is 13.0. The summed E-state index contributed by atoms with van der Waals surface area (Å²) in [6, 6.07) is 3.08. The summed E-state index contributed by atoms with van der Waals surface area (Å²) < 4.78 is 40.4. The first-order valence-electron chi connectivity index (χ1n) is 6.18. The average Bonchev–Trinajstić information content (AvgIpc) is 2.85. The van der Waals surface area contributed by atoms with Gasteiger partial charge in [-0.25, -0.2) is 9.48 Å². The first-order valence-corrected chi connectivity index (χ1v) is 6.18. The molecule has 2 rings (SSSR count). The van der Waals surface area contributed by atoms with E-state index in [4.69, 9.17) is 5.11 Å². The summed E-state index contributed by atoms with van der Waals surface area (Å²) in [4.78, 5) is 10.9. The van der Waals surface area contributed by atoms with Gasteiger partial charge in [-0.05, 0) is 18.6 Å². The van der Waals surface area contributed by atoms with Crippen LogP contribution in [-0.4, -0.2) is 26.1 Å². The molecule has 0 aliphatic rings. The number of carbonyl (C=O) groups is 1. The molecule has 0 aliphatic heterocycles. The standard InChI is InChI=1S/C13H12F3N3O2/c1-2-5-19-11(7-17-18-19)8-3-4-9(12(20)21)10(6-8)13(14,15)16/h3-4,6-7H,2,5H2,1H3,(H,20,21). The van der Waals surface area contributed by atoms with Crippen LogP contribution in [-0.2, 0) is 12.7 Å². The average molecular weight is 299 g/mol. The van der Waals surface area contributed by atoms with Crippen LogP contribution >= 0.6 is 0 Å². The zero-order chi connectivity index (χ0) is 15.6. The highest BCUT2D eigenvalue weighted by molar-refractivity contribution is 5.90. The molecule has 1 aromatic carbocycles. The SMILES string of the molecule is CCCn1nncc1-c1ccc(C(=O)O)c(C(F)(F)F)c1. The molecular weight excluding hydrogens is 287 g/mol. The minimum absolute atomic E-state index is 0.228. The summed E-state index contributed by atoms with van der Waals surface area (Å²) in [6.07, 6.45) is -2.64. The highest BCUT2D eigenvalue weighted by Gasteiger charge is 2.35. The summed E-state index contributed by atoms with van der Waals surface area (Å²) >= 11 is 0. The third-order valence-corrected chi connectivity index (χ3v) is 2.90. The topological polar surface area (TPSA) is 68.0 Å². The van der Waals surface area contributed by atoms with Gasteiger partial charge in [0.2, 0.25) is 0 Å². The van der Waals surface area contributed by atoms with Gasteiger partial charge in [-0.15, -0.1) is 5.10 Å². The Hall–Kier alpha value is -2.38. The first-order chi connectivity index (χ1) is 9.84. The minimum atomic E-state index is -4.74. The van der Waals surface area contributed by atoms with Crippen LogP contribution in [0.5, 0.6) is 0 Å². The van der Waals surface area contributed by atoms with Gasteiger partial charge in [-0.3, -0.25) is 0 Å². The van der Waals surface area contributed by atoms with Gasteiger partial charge in [-0.2, -0.15) is 13.2 Å². The van der Waals surface area contributed by atoms with E-state index in [-0.39, 0.29) is 5.56 Å². The van der Waals surface area contributed by atoms with Gasteiger partial charge in [0, 0.05) is 12.1 Å². The summed E-state index contributed by atoms with van der Waals surface area (Å²) in [5.74, 6) is -1.62. The second-order valence-corrected chi connectivity index (χ2v) is 4.41. The lowest BCUT2D eigenvalue weighted by atomic mass is 10.0. The van der Waals surface area contributed by atoms with E-state index < -0.39 is 23.3 Å². The fourth-order valence-corrected chi connectivity index (χ4v) is 1.98. The quantitative estimate of drug-likeness (QED) is 0.942. The lowest BCUT2D eigenvalue weighted by Crippen LogP contribution is -2.13. The van der Waals surface area contributed by atoms with E-state index >= 15 is 0 Å². The van der Waals surface area contributed by atoms with Gasteiger partial charge in [0.05, 0.1) is 23.0 Å². The molecule has 0 spiro atoms. The van der Waals surface area contributed by atoms with E-state index in [1.807, 2.05) is 6.92 Å². The zero-order valence-electron chi connectivity index (χ0n) is 11.1. The predicted molar refractivity (Wildman–Crippen MR) is 67.7 cm³/mol. The fourth-order valence-electron chi connectivity index (χ4n) is 1.98. The maximum absolute atomic E-state index is 13.0. The zero-order valence-corrected chi connectivity index (χ0v) is 11.1. The molecule has 0 fully saturated rings. The van der Waals surface area contributed by atoms with Crippen LogP contribution in [0.15, 0.2) is 24.4 Å². The van der Waals surface area contributed by atoms with E-state index in [0.29, 0.717) is 12.2 Å². The van der Waals surface area contributed by atoms with Crippen LogP contribution in [0.25, 0.3) is 11.3 Å². The number of aryl methyl sites for hydroxylation is 1. The van der Waals surface area contributed by atoms with Crippen molar-refractivity contribution in [2.24, 2.45) is 0 Å². The number of carboxylic acid groups (broad SMARTS) is 1. The third kappa shape index (κ3) is 3.04. The van der Waals surface area contributed by atoms with Crippen LogP contribution in [0.4, 0.5) is 13.2 Å². The van der Waals surface area contributed by atoms with E-state index in [0.717, 1.165) is 18.6 Å². The number of hydrogen-bond donors (Lipinski definition) is 1. The van der Waals surface area contributed by atoms with Crippen LogP contribution in [0.2, 0.25) is 0 Å². The Labute approximate surface area is 118 Å². The van der Waals surface area contributed by atoms with Crippen LogP contribution in [0.3, 0.4) is 0 Å². The minimum Gasteiger partial charge on any atom is -0.478 e. The maximum Gasteiger partial charge on any atom is 0.417 e. The molecular formula is C13H12F3N3O2. The molecule has 0 saturated heterocycles. The Balaban J connectivity index is 2.57. The second-order valence-electron chi connectivity index (χ2n) is 4.41. The van der Waals surface area contributed by atoms with Gasteiger partial charge >= 0.3 is 12.1 Å². The van der Waals surface area contributed by atoms with Gasteiger partial charge in [-0.1, -0.05) is 18.2 Å². The lowest BCUT2D eigenvalue weighted by molar-refractivity contribution is -0.138. The van der Waals surface area contributed by atoms with Crippen molar-refractivity contribution in [2.75, 3.05) is 0 Å². The van der Waals surface area contributed by atoms with Gasteiger partial charge in [0.15, 0.2) is 0 Å². The molecule has 1 heterocycles. The van der Waals surface area contributed by atoms with E-state index in [1.165, 1.54) is 16.9 Å². The number of hydrogen-bond acceptors (Lipinski definition) is 3. The molecule has 5 nitrogen and oxygen atoms in total. The number of aromatic carboxylic acids is 1. The second kappa shape index (κ2) is 5.55. The lowest BCUT2D eigenvalue weighted by Gasteiger charge is -2.12. The number of rotatable bonds is 4. The van der Waals surface area contributed by atoms with Crippen molar-refractivity contribution >= 4 is 5.97 Å². The molecule has 1 N–H and O–H groups in total. The number of alkyl halides is 3. The van der Waals surface area contributed by atoms with Crippen molar-refractivity contribution < 1.29 is 23.1 Å². The Morgan fingerprint density at radius 1 is 1.38 bits per heavy atom. The molecule has 0 aliphatic carbocycles. The number of carboxylic acids is 1. The smallest absolute Gasteiger partial charge is 0.417 e. The molecule has 8 heteroatoms. The summed E-state index contributed by atoms with van der Waals surface area (Å²) in [6.45, 7) is 2.41. The molecule has 0 saturated carbocycles. The Morgan fingerprint density at radius 3 is 2.67 bits per heavy atom. The Kier molecular flexibility index (Phi) is 3.97. The van der Waals surface area contributed by atoms with Crippen molar-refractivity contribution in [1.29, 1.82) is 0 Å². The van der Waals surface area contributed by atoms with E-state index in [2.05, 4.69) is 10.3 Å². The molecule has 2 aromatic rings. The van der Waals surface area contributed by atoms with Crippen molar-refractivity contribution in [3.8, 4) is 11.3 Å². The Morgan fingerprint density at radius 2 is 2.10 bits per heavy atom. The molecule has 1 aromatic heterocycles. The molecule has 112 valence electrons. The van der Waals surface area contributed by atoms with Crippen molar-refractivity contribution in [2.45, 2.75) is 26.1 Å². The van der Waals surface area contributed by atoms with E-state index in [1.54, 1.807) is 0 Å². The summed E-state index contributed by atoms with van der Waals surface area (Å²) in [5.41, 5.74) is -1.32. The Bertz CT molecular complexity index is 665. The third-order valence-electron chi connectivity index (χ3n) is 2.90. The van der Waals surface area contributed by atoms with Crippen molar-refractivity contribution in [1.82, 2.24) is 15.0 Å². The number of halogens is 3. The number of benzene rings is 1. The van der Waals surface area contributed by atoms with E-state index in [9.17, 15) is 18.0 Å². The molecule has 0 radical (unpaired) electrons. The molecule has 0 amide bonds. The molecule has 0 bridgehead atoms. The van der Waals surface area contributed by atoms with Crippen LogP contribution < -0.4 is 0 Å². The highest BCUT2D eigenvalue weighted by atomic mass is 19.4. The summed E-state index contributed by atoms with van der Waals surface area (Å²) in [7, 11) is 0. The van der Waals surface area contributed by atoms with Gasteiger partial charge in [0.1, 0.15) is 0 Å². The monoisotopic (exact) mass is 299 g/mol. The van der Waals surface area contributed by atoms with Crippen LogP contribution in [0.1, 0.15) is 29.3 Å². The number of aromatic nitrogens is 3. The largest absolute Gasteiger partial charge is 0.478 e. The van der Waals surface area contributed by atoms with Crippen LogP contribution in [0, 0.1) is 0 Å². The normalized spacial score (nSPS) is 11.6. The highest BCUT2D eigenvalue weighted by Crippen LogP contribution is 2.34. The van der Waals surface area contributed by atoms with Crippen molar-refractivity contribution in [3.05, 3.63) is 35.5 Å². The molecule has 0 atom stereocenters. The molecule has 0 unspecified atom stereocenters.